The molecule has 1 rings (SSSR count). The van der Waals surface area contributed by atoms with Crippen LogP contribution in [0, 0.1) is 0 Å². The van der Waals surface area contributed by atoms with E-state index < -0.39 is 0 Å². The van der Waals surface area contributed by atoms with E-state index in [1.165, 1.54) is 89.9 Å². The van der Waals surface area contributed by atoms with E-state index >= 15 is 0 Å². The summed E-state index contributed by atoms with van der Waals surface area (Å²) in [7, 11) is 0. The smallest absolute Gasteiger partial charge is 0.0576 e. The van der Waals surface area contributed by atoms with Crippen LogP contribution < -0.4 is 5.73 Å². The van der Waals surface area contributed by atoms with Crippen molar-refractivity contribution in [2.45, 2.75) is 115 Å². The molecule has 0 spiro atoms. The Morgan fingerprint density at radius 1 is 0.905 bits per heavy atom. The summed E-state index contributed by atoms with van der Waals surface area (Å²) in [5.41, 5.74) is 6.21. The lowest BCUT2D eigenvalue weighted by molar-refractivity contribution is 0.100. The summed E-state index contributed by atoms with van der Waals surface area (Å²) in [6.45, 7) is 3.25. The van der Waals surface area contributed by atoms with Gasteiger partial charge in [-0.3, -0.25) is 0 Å². The fourth-order valence-corrected chi connectivity index (χ4v) is 3.31. The molecule has 1 aliphatic heterocycles. The molecule has 2 nitrogen and oxygen atoms in total. The van der Waals surface area contributed by atoms with Crippen LogP contribution in [0.15, 0.2) is 0 Å². The number of rotatable bonds is 14. The molecule has 126 valence electrons. The quantitative estimate of drug-likeness (QED) is 0.424. The molecule has 2 N–H and O–H groups in total. The average molecular weight is 298 g/mol. The predicted molar refractivity (Wildman–Crippen MR) is 92.6 cm³/mol. The predicted octanol–water partition coefficient (Wildman–Crippen LogP) is 5.58. The van der Waals surface area contributed by atoms with Crippen LogP contribution in [0.2, 0.25) is 0 Å². The normalized spacial score (nSPS) is 20.0. The molecule has 2 unspecified atom stereocenters. The zero-order valence-electron chi connectivity index (χ0n) is 14.5. The fraction of sp³-hybridized carbons (Fsp3) is 1.00. The molecule has 0 bridgehead atoms. The summed E-state index contributed by atoms with van der Waals surface area (Å²) in [6, 6.07) is 0.406. The van der Waals surface area contributed by atoms with Crippen molar-refractivity contribution in [2.75, 3.05) is 6.61 Å². The summed E-state index contributed by atoms with van der Waals surface area (Å²) >= 11 is 0. The number of hydrogen-bond donors (Lipinski definition) is 1. The molecule has 1 saturated heterocycles. The van der Waals surface area contributed by atoms with Crippen LogP contribution in [0.3, 0.4) is 0 Å². The molecule has 0 aliphatic carbocycles. The molecule has 0 aromatic rings. The second kappa shape index (κ2) is 13.6. The molecular weight excluding hydrogens is 258 g/mol. The summed E-state index contributed by atoms with van der Waals surface area (Å²) < 4.78 is 5.65. The molecule has 0 saturated carbocycles. The Bertz CT molecular complexity index is 214. The van der Waals surface area contributed by atoms with Crippen molar-refractivity contribution in [2.24, 2.45) is 5.73 Å². The molecule has 1 heterocycles. The third-order valence-electron chi connectivity index (χ3n) is 4.81. The van der Waals surface area contributed by atoms with Gasteiger partial charge in [0.2, 0.25) is 0 Å². The first-order valence-corrected chi connectivity index (χ1v) is 9.70. The van der Waals surface area contributed by atoms with Crippen molar-refractivity contribution < 1.29 is 4.74 Å². The monoisotopic (exact) mass is 297 g/mol. The van der Waals surface area contributed by atoms with Crippen LogP contribution in [-0.4, -0.2) is 18.8 Å². The first kappa shape index (κ1) is 19.0. The van der Waals surface area contributed by atoms with E-state index in [1.807, 2.05) is 0 Å². The van der Waals surface area contributed by atoms with Crippen LogP contribution in [-0.2, 0) is 4.74 Å². The summed E-state index contributed by atoms with van der Waals surface area (Å²) in [4.78, 5) is 0. The van der Waals surface area contributed by atoms with Crippen molar-refractivity contribution in [3.05, 3.63) is 0 Å². The maximum absolute atomic E-state index is 6.21. The highest BCUT2D eigenvalue weighted by atomic mass is 16.5. The molecule has 21 heavy (non-hydrogen) atoms. The van der Waals surface area contributed by atoms with E-state index in [0.717, 1.165) is 13.0 Å². The minimum atomic E-state index is 0.406. The van der Waals surface area contributed by atoms with Gasteiger partial charge in [-0.1, -0.05) is 71.1 Å². The van der Waals surface area contributed by atoms with Gasteiger partial charge >= 0.3 is 0 Å². The van der Waals surface area contributed by atoms with Gasteiger partial charge in [-0.05, 0) is 32.1 Å². The lowest BCUT2D eigenvalue weighted by atomic mass is 10.0. The van der Waals surface area contributed by atoms with Crippen molar-refractivity contribution in [3.8, 4) is 0 Å². The Morgan fingerprint density at radius 3 is 2.10 bits per heavy atom. The van der Waals surface area contributed by atoms with Gasteiger partial charge in [0.1, 0.15) is 0 Å². The third kappa shape index (κ3) is 11.2. The highest BCUT2D eigenvalue weighted by Gasteiger charge is 2.16. The maximum atomic E-state index is 6.21. The van der Waals surface area contributed by atoms with E-state index in [0.29, 0.717) is 12.1 Å². The number of hydrogen-bond acceptors (Lipinski definition) is 2. The number of nitrogens with two attached hydrogens (primary N) is 1. The highest BCUT2D eigenvalue weighted by Crippen LogP contribution is 2.19. The third-order valence-corrected chi connectivity index (χ3v) is 4.81. The van der Waals surface area contributed by atoms with Crippen LogP contribution in [0.4, 0.5) is 0 Å². The van der Waals surface area contributed by atoms with Gasteiger partial charge in [0.15, 0.2) is 0 Å². The van der Waals surface area contributed by atoms with Crippen molar-refractivity contribution >= 4 is 0 Å². The Balaban J connectivity index is 1.76. The molecule has 1 aliphatic rings. The first-order chi connectivity index (χ1) is 10.3. The molecular formula is C19H39NO. The fourth-order valence-electron chi connectivity index (χ4n) is 3.31. The number of ether oxygens (including phenoxy) is 1. The van der Waals surface area contributed by atoms with Gasteiger partial charge in [0.25, 0.3) is 0 Å². The minimum absolute atomic E-state index is 0.406. The number of unbranched alkanes of at least 4 members (excludes halogenated alkanes) is 9. The molecule has 1 fully saturated rings. The Labute approximate surface area is 133 Å². The Morgan fingerprint density at radius 2 is 1.52 bits per heavy atom. The average Bonchev–Trinajstić information content (AvgIpc) is 3.00. The van der Waals surface area contributed by atoms with Crippen molar-refractivity contribution in [3.63, 3.8) is 0 Å². The molecule has 2 atom stereocenters. The van der Waals surface area contributed by atoms with Gasteiger partial charge < -0.3 is 10.5 Å². The summed E-state index contributed by atoms with van der Waals surface area (Å²) in [5.74, 6) is 0. The Kier molecular flexibility index (Phi) is 12.3. The van der Waals surface area contributed by atoms with Gasteiger partial charge in [-0.2, -0.15) is 0 Å². The standard InChI is InChI=1S/C19H39NO/c1-2-3-4-5-6-7-8-9-10-11-13-18(20)15-16-19-14-12-17-21-19/h18-19H,2-17,20H2,1H3. The molecule has 0 aromatic carbocycles. The second-order valence-electron chi connectivity index (χ2n) is 6.94. The first-order valence-electron chi connectivity index (χ1n) is 9.70. The Hall–Kier alpha value is -0.0800. The highest BCUT2D eigenvalue weighted by molar-refractivity contribution is 4.69. The SMILES string of the molecule is CCCCCCCCCCCCC(N)CCC1CCCO1. The van der Waals surface area contributed by atoms with E-state index in [-0.39, 0.29) is 0 Å². The van der Waals surface area contributed by atoms with E-state index in [9.17, 15) is 0 Å². The van der Waals surface area contributed by atoms with E-state index in [4.69, 9.17) is 10.5 Å². The summed E-state index contributed by atoms with van der Waals surface area (Å²) in [5, 5.41) is 0. The van der Waals surface area contributed by atoms with Crippen LogP contribution in [0.5, 0.6) is 0 Å². The minimum Gasteiger partial charge on any atom is -0.378 e. The van der Waals surface area contributed by atoms with Gasteiger partial charge in [-0.25, -0.2) is 0 Å². The zero-order chi connectivity index (χ0) is 15.2. The van der Waals surface area contributed by atoms with E-state index in [2.05, 4.69) is 6.92 Å². The van der Waals surface area contributed by atoms with Crippen molar-refractivity contribution in [1.29, 1.82) is 0 Å². The lowest BCUT2D eigenvalue weighted by Gasteiger charge is -2.14. The van der Waals surface area contributed by atoms with Crippen molar-refractivity contribution in [1.82, 2.24) is 0 Å². The molecule has 0 amide bonds. The van der Waals surface area contributed by atoms with Gasteiger partial charge in [0.05, 0.1) is 6.10 Å². The van der Waals surface area contributed by atoms with Gasteiger partial charge in [-0.15, -0.1) is 0 Å². The topological polar surface area (TPSA) is 35.2 Å². The maximum Gasteiger partial charge on any atom is 0.0576 e. The second-order valence-corrected chi connectivity index (χ2v) is 6.94. The molecule has 0 aromatic heterocycles. The largest absolute Gasteiger partial charge is 0.378 e. The molecule has 2 heteroatoms. The summed E-state index contributed by atoms with van der Waals surface area (Å²) in [6.07, 6.45) is 20.6. The zero-order valence-corrected chi connectivity index (χ0v) is 14.5. The van der Waals surface area contributed by atoms with Gasteiger partial charge in [0, 0.05) is 12.6 Å². The van der Waals surface area contributed by atoms with Crippen LogP contribution in [0.1, 0.15) is 103 Å². The lowest BCUT2D eigenvalue weighted by Crippen LogP contribution is -2.22. The van der Waals surface area contributed by atoms with E-state index in [1.54, 1.807) is 0 Å². The van der Waals surface area contributed by atoms with Crippen LogP contribution in [0.25, 0.3) is 0 Å². The van der Waals surface area contributed by atoms with Crippen LogP contribution >= 0.6 is 0 Å². The molecule has 0 radical (unpaired) electrons.